The summed E-state index contributed by atoms with van der Waals surface area (Å²) in [5.74, 6) is -0.0365. The molecule has 2 rings (SSSR count). The van der Waals surface area contributed by atoms with Crippen LogP contribution < -0.4 is 16.0 Å². The molecule has 0 radical (unpaired) electrons. The average molecular weight is 247 g/mol. The van der Waals surface area contributed by atoms with Gasteiger partial charge in [0.25, 0.3) is 5.91 Å². The lowest BCUT2D eigenvalue weighted by atomic mass is 10.1. The van der Waals surface area contributed by atoms with E-state index in [0.717, 1.165) is 17.9 Å². The highest BCUT2D eigenvalue weighted by atomic mass is 16.1. The van der Waals surface area contributed by atoms with Crippen molar-refractivity contribution >= 4 is 17.3 Å². The molecule has 1 aromatic carbocycles. The monoisotopic (exact) mass is 247 g/mol. The van der Waals surface area contributed by atoms with Gasteiger partial charge >= 0.3 is 0 Å². The number of carbonyl (C=O) groups excluding carboxylic acids is 1. The molecule has 4 heteroatoms. The van der Waals surface area contributed by atoms with Crippen LogP contribution in [0.1, 0.15) is 37.0 Å². The Morgan fingerprint density at radius 3 is 2.72 bits per heavy atom. The Balaban J connectivity index is 2.28. The van der Waals surface area contributed by atoms with Gasteiger partial charge in [0.05, 0.1) is 11.4 Å². The van der Waals surface area contributed by atoms with E-state index < -0.39 is 0 Å². The first-order valence-electron chi connectivity index (χ1n) is 6.61. The van der Waals surface area contributed by atoms with Crippen molar-refractivity contribution in [2.75, 3.05) is 23.7 Å². The SMILES string of the molecule is CCNC(=O)c1ccc(N)c(N(CC)C2CC2)c1. The first kappa shape index (κ1) is 12.7. The predicted molar refractivity (Wildman–Crippen MR) is 74.9 cm³/mol. The number of nitrogens with one attached hydrogen (secondary N) is 1. The van der Waals surface area contributed by atoms with Gasteiger partial charge in [-0.3, -0.25) is 4.79 Å². The topological polar surface area (TPSA) is 58.4 Å². The van der Waals surface area contributed by atoms with Crippen molar-refractivity contribution in [3.05, 3.63) is 23.8 Å². The molecule has 1 aliphatic carbocycles. The van der Waals surface area contributed by atoms with E-state index in [1.54, 1.807) is 6.07 Å². The van der Waals surface area contributed by atoms with Crippen LogP contribution in [-0.4, -0.2) is 25.0 Å². The fourth-order valence-corrected chi connectivity index (χ4v) is 2.21. The molecular weight excluding hydrogens is 226 g/mol. The minimum Gasteiger partial charge on any atom is -0.397 e. The maximum absolute atomic E-state index is 11.8. The molecule has 4 nitrogen and oxygen atoms in total. The molecule has 3 N–H and O–H groups in total. The number of hydrogen-bond acceptors (Lipinski definition) is 3. The van der Waals surface area contributed by atoms with Gasteiger partial charge in [0.1, 0.15) is 0 Å². The molecule has 98 valence electrons. The number of nitrogen functional groups attached to an aromatic ring is 1. The minimum atomic E-state index is -0.0365. The molecule has 0 unspecified atom stereocenters. The van der Waals surface area contributed by atoms with Gasteiger partial charge in [-0.05, 0) is 44.9 Å². The lowest BCUT2D eigenvalue weighted by Crippen LogP contribution is -2.27. The minimum absolute atomic E-state index is 0.0365. The molecule has 0 aliphatic heterocycles. The number of rotatable bonds is 5. The Kier molecular flexibility index (Phi) is 3.75. The smallest absolute Gasteiger partial charge is 0.251 e. The zero-order valence-electron chi connectivity index (χ0n) is 11.1. The number of amides is 1. The Morgan fingerprint density at radius 1 is 1.44 bits per heavy atom. The molecule has 18 heavy (non-hydrogen) atoms. The van der Waals surface area contributed by atoms with Crippen molar-refractivity contribution in [1.29, 1.82) is 0 Å². The summed E-state index contributed by atoms with van der Waals surface area (Å²) in [4.78, 5) is 14.1. The molecule has 0 bridgehead atoms. The summed E-state index contributed by atoms with van der Waals surface area (Å²) < 4.78 is 0. The quantitative estimate of drug-likeness (QED) is 0.782. The van der Waals surface area contributed by atoms with Gasteiger partial charge in [0, 0.05) is 24.7 Å². The first-order chi connectivity index (χ1) is 8.67. The fourth-order valence-electron chi connectivity index (χ4n) is 2.21. The van der Waals surface area contributed by atoms with Gasteiger partial charge in [0.2, 0.25) is 0 Å². The number of anilines is 2. The van der Waals surface area contributed by atoms with Crippen molar-refractivity contribution in [2.45, 2.75) is 32.7 Å². The number of hydrogen-bond donors (Lipinski definition) is 2. The standard InChI is InChI=1S/C14H21N3O/c1-3-16-14(18)10-5-8-12(15)13(9-10)17(4-2)11-6-7-11/h5,8-9,11H,3-4,6-7,15H2,1-2H3,(H,16,18). The van der Waals surface area contributed by atoms with Crippen LogP contribution in [0.3, 0.4) is 0 Å². The summed E-state index contributed by atoms with van der Waals surface area (Å²) in [5.41, 5.74) is 8.45. The number of benzene rings is 1. The van der Waals surface area contributed by atoms with Gasteiger partial charge in [-0.1, -0.05) is 0 Å². The molecule has 0 spiro atoms. The van der Waals surface area contributed by atoms with E-state index in [-0.39, 0.29) is 5.91 Å². The van der Waals surface area contributed by atoms with Crippen molar-refractivity contribution in [3.8, 4) is 0 Å². The zero-order valence-corrected chi connectivity index (χ0v) is 11.1. The molecule has 0 aromatic heterocycles. The largest absolute Gasteiger partial charge is 0.397 e. The van der Waals surface area contributed by atoms with Crippen LogP contribution in [0, 0.1) is 0 Å². The number of nitrogens with two attached hydrogens (primary N) is 1. The lowest BCUT2D eigenvalue weighted by Gasteiger charge is -2.24. The summed E-state index contributed by atoms with van der Waals surface area (Å²) >= 11 is 0. The van der Waals surface area contributed by atoms with E-state index in [4.69, 9.17) is 5.73 Å². The maximum Gasteiger partial charge on any atom is 0.251 e. The van der Waals surface area contributed by atoms with E-state index >= 15 is 0 Å². The summed E-state index contributed by atoms with van der Waals surface area (Å²) in [6, 6.07) is 6.11. The Morgan fingerprint density at radius 2 is 2.17 bits per heavy atom. The van der Waals surface area contributed by atoms with Crippen LogP contribution >= 0.6 is 0 Å². The lowest BCUT2D eigenvalue weighted by molar-refractivity contribution is 0.0956. The molecular formula is C14H21N3O. The number of nitrogens with zero attached hydrogens (tertiary/aromatic N) is 1. The number of carbonyl (C=O) groups is 1. The van der Waals surface area contributed by atoms with Crippen molar-refractivity contribution in [1.82, 2.24) is 5.32 Å². The summed E-state index contributed by atoms with van der Waals surface area (Å²) in [6.45, 7) is 5.60. The second-order valence-electron chi connectivity index (χ2n) is 4.65. The molecule has 1 aromatic rings. The third kappa shape index (κ3) is 2.58. The first-order valence-corrected chi connectivity index (χ1v) is 6.61. The van der Waals surface area contributed by atoms with E-state index in [1.165, 1.54) is 12.8 Å². The molecule has 1 amide bonds. The van der Waals surface area contributed by atoms with Crippen molar-refractivity contribution in [2.24, 2.45) is 0 Å². The summed E-state index contributed by atoms with van der Waals surface area (Å²) in [6.07, 6.45) is 2.44. The van der Waals surface area contributed by atoms with Gasteiger partial charge in [-0.15, -0.1) is 0 Å². The van der Waals surface area contributed by atoms with Crippen molar-refractivity contribution < 1.29 is 4.79 Å². The van der Waals surface area contributed by atoms with Gasteiger partial charge in [-0.25, -0.2) is 0 Å². The van der Waals surface area contributed by atoms with Crippen LogP contribution in [-0.2, 0) is 0 Å². The molecule has 1 fully saturated rings. The van der Waals surface area contributed by atoms with Crippen LogP contribution in [0.25, 0.3) is 0 Å². The van der Waals surface area contributed by atoms with Gasteiger partial charge in [0.15, 0.2) is 0 Å². The second kappa shape index (κ2) is 5.29. The molecule has 1 saturated carbocycles. The van der Waals surface area contributed by atoms with Gasteiger partial charge in [-0.2, -0.15) is 0 Å². The van der Waals surface area contributed by atoms with Gasteiger partial charge < -0.3 is 16.0 Å². The predicted octanol–water partition coefficient (Wildman–Crippen LogP) is 2.01. The highest BCUT2D eigenvalue weighted by Crippen LogP contribution is 2.35. The Labute approximate surface area is 108 Å². The van der Waals surface area contributed by atoms with E-state index in [9.17, 15) is 4.79 Å². The van der Waals surface area contributed by atoms with Crippen LogP contribution in [0.15, 0.2) is 18.2 Å². The van der Waals surface area contributed by atoms with Crippen LogP contribution in [0.4, 0.5) is 11.4 Å². The zero-order chi connectivity index (χ0) is 13.1. The van der Waals surface area contributed by atoms with E-state index in [0.29, 0.717) is 18.2 Å². The van der Waals surface area contributed by atoms with E-state index in [2.05, 4.69) is 17.1 Å². The molecule has 0 saturated heterocycles. The highest BCUT2D eigenvalue weighted by molar-refractivity contribution is 5.96. The van der Waals surface area contributed by atoms with E-state index in [1.807, 2.05) is 19.1 Å². The van der Waals surface area contributed by atoms with Crippen LogP contribution in [0.2, 0.25) is 0 Å². The fraction of sp³-hybridized carbons (Fsp3) is 0.500. The Bertz CT molecular complexity index is 441. The third-order valence-corrected chi connectivity index (χ3v) is 3.27. The maximum atomic E-state index is 11.8. The van der Waals surface area contributed by atoms with Crippen molar-refractivity contribution in [3.63, 3.8) is 0 Å². The molecule has 0 heterocycles. The third-order valence-electron chi connectivity index (χ3n) is 3.27. The summed E-state index contributed by atoms with van der Waals surface area (Å²) in [5, 5.41) is 2.81. The second-order valence-corrected chi connectivity index (χ2v) is 4.65. The summed E-state index contributed by atoms with van der Waals surface area (Å²) in [7, 11) is 0. The Hall–Kier alpha value is -1.71. The molecule has 0 atom stereocenters. The van der Waals surface area contributed by atoms with Crippen LogP contribution in [0.5, 0.6) is 0 Å². The highest BCUT2D eigenvalue weighted by Gasteiger charge is 2.29. The average Bonchev–Trinajstić information content (AvgIpc) is 3.17. The molecule has 1 aliphatic rings. The normalized spacial score (nSPS) is 14.3.